The summed E-state index contributed by atoms with van der Waals surface area (Å²) < 4.78 is 15.2. The van der Waals surface area contributed by atoms with Crippen molar-refractivity contribution in [3.8, 4) is 0 Å². The summed E-state index contributed by atoms with van der Waals surface area (Å²) in [4.78, 5) is 47.1. The van der Waals surface area contributed by atoms with E-state index in [2.05, 4.69) is 15.0 Å². The van der Waals surface area contributed by atoms with Crippen LogP contribution in [0.4, 0.5) is 0 Å². The van der Waals surface area contributed by atoms with Gasteiger partial charge in [0, 0.05) is 20.8 Å². The van der Waals surface area contributed by atoms with Crippen LogP contribution in [0.15, 0.2) is 72.8 Å². The molecule has 9 heteroatoms. The molecule has 45 heavy (non-hydrogen) atoms. The predicted molar refractivity (Wildman–Crippen MR) is 172 cm³/mol. The molecule has 0 saturated heterocycles. The van der Waals surface area contributed by atoms with Gasteiger partial charge in [-0.05, 0) is 51.6 Å². The molecule has 1 heterocycles. The van der Waals surface area contributed by atoms with Gasteiger partial charge in [0.25, 0.3) is 0 Å². The normalized spacial score (nSPS) is 11.3. The van der Waals surface area contributed by atoms with Gasteiger partial charge in [-0.25, -0.2) is 15.0 Å². The van der Waals surface area contributed by atoms with Crippen LogP contribution in [0.2, 0.25) is 0 Å². The zero-order valence-electron chi connectivity index (χ0n) is 25.3. The van der Waals surface area contributed by atoms with Gasteiger partial charge in [0.15, 0.2) is 17.5 Å². The fourth-order valence-corrected chi connectivity index (χ4v) is 3.89. The van der Waals surface area contributed by atoms with Crippen LogP contribution in [0.1, 0.15) is 71.6 Å². The minimum Gasteiger partial charge on any atom is -0.461 e. The van der Waals surface area contributed by atoms with Gasteiger partial charge in [0.05, 0.1) is 0 Å². The number of benzene rings is 3. The lowest BCUT2D eigenvalue weighted by Crippen LogP contribution is -1.99. The molecule has 228 valence electrons. The summed E-state index contributed by atoms with van der Waals surface area (Å²) in [7, 11) is 0. The Bertz CT molecular complexity index is 1490. The SMILES string of the molecule is CC(=O)OCc1ccc(/C=C/c2nc(/C=C/c3ccc(COC(C)=O)cc3)nc(/C=C/c3ccc(COC(C)=O)cc3)n2)cc1. The van der Waals surface area contributed by atoms with Crippen molar-refractivity contribution >= 4 is 54.4 Å². The topological polar surface area (TPSA) is 118 Å². The van der Waals surface area contributed by atoms with Crippen molar-refractivity contribution in [2.75, 3.05) is 0 Å². The number of carbonyl (C=O) groups is 3. The summed E-state index contributed by atoms with van der Waals surface area (Å²) in [6.07, 6.45) is 11.1. The second kappa shape index (κ2) is 16.2. The Morgan fingerprint density at radius 3 is 0.911 bits per heavy atom. The van der Waals surface area contributed by atoms with Gasteiger partial charge in [-0.1, -0.05) is 91.0 Å². The predicted octanol–water partition coefficient (Wildman–Crippen LogP) is 6.57. The first-order chi connectivity index (χ1) is 21.7. The summed E-state index contributed by atoms with van der Waals surface area (Å²) in [5.74, 6) is 0.452. The number of hydrogen-bond acceptors (Lipinski definition) is 9. The molecule has 0 aliphatic rings. The van der Waals surface area contributed by atoms with E-state index in [-0.39, 0.29) is 37.7 Å². The Balaban J connectivity index is 1.54. The summed E-state index contributed by atoms with van der Waals surface area (Å²) in [6.45, 7) is 4.82. The lowest BCUT2D eigenvalue weighted by Gasteiger charge is -2.03. The average Bonchev–Trinajstić information content (AvgIpc) is 3.04. The van der Waals surface area contributed by atoms with Crippen LogP contribution in [-0.4, -0.2) is 32.9 Å². The second-order valence-corrected chi connectivity index (χ2v) is 9.98. The number of aromatic nitrogens is 3. The number of rotatable bonds is 12. The van der Waals surface area contributed by atoms with Crippen LogP contribution < -0.4 is 0 Å². The summed E-state index contributed by atoms with van der Waals surface area (Å²) in [5.41, 5.74) is 5.46. The van der Waals surface area contributed by atoms with Gasteiger partial charge in [0.2, 0.25) is 0 Å². The fraction of sp³-hybridized carbons (Fsp3) is 0.167. The van der Waals surface area contributed by atoms with Crippen molar-refractivity contribution in [1.82, 2.24) is 15.0 Å². The molecule has 3 aromatic carbocycles. The van der Waals surface area contributed by atoms with E-state index in [1.165, 1.54) is 20.8 Å². The molecule has 0 radical (unpaired) electrons. The highest BCUT2D eigenvalue weighted by atomic mass is 16.5. The van der Waals surface area contributed by atoms with E-state index in [4.69, 9.17) is 14.2 Å². The molecule has 0 unspecified atom stereocenters. The maximum absolute atomic E-state index is 11.1. The zero-order chi connectivity index (χ0) is 32.0. The molecule has 0 atom stereocenters. The molecule has 0 amide bonds. The molecular formula is C36H33N3O6. The average molecular weight is 604 g/mol. The third kappa shape index (κ3) is 11.5. The lowest BCUT2D eigenvalue weighted by molar-refractivity contribution is -0.143. The number of hydrogen-bond donors (Lipinski definition) is 0. The zero-order valence-corrected chi connectivity index (χ0v) is 25.3. The largest absolute Gasteiger partial charge is 0.461 e. The fourth-order valence-electron chi connectivity index (χ4n) is 3.89. The lowest BCUT2D eigenvalue weighted by atomic mass is 10.1. The monoisotopic (exact) mass is 603 g/mol. The Labute approximate surface area is 261 Å². The van der Waals surface area contributed by atoms with E-state index in [0.717, 1.165) is 33.4 Å². The minimum absolute atomic E-state index is 0.224. The second-order valence-electron chi connectivity index (χ2n) is 9.98. The molecule has 0 saturated carbocycles. The highest BCUT2D eigenvalue weighted by Crippen LogP contribution is 2.14. The first-order valence-electron chi connectivity index (χ1n) is 14.2. The Hall–Kier alpha value is -5.70. The maximum Gasteiger partial charge on any atom is 0.302 e. The molecule has 0 aliphatic carbocycles. The van der Waals surface area contributed by atoms with Gasteiger partial charge in [-0.2, -0.15) is 0 Å². The van der Waals surface area contributed by atoms with Gasteiger partial charge in [-0.3, -0.25) is 14.4 Å². The third-order valence-corrected chi connectivity index (χ3v) is 6.23. The number of nitrogens with zero attached hydrogens (tertiary/aromatic N) is 3. The first-order valence-corrected chi connectivity index (χ1v) is 14.2. The van der Waals surface area contributed by atoms with Crippen molar-refractivity contribution in [3.63, 3.8) is 0 Å². The van der Waals surface area contributed by atoms with E-state index >= 15 is 0 Å². The Morgan fingerprint density at radius 2 is 0.689 bits per heavy atom. The molecular weight excluding hydrogens is 570 g/mol. The number of esters is 3. The van der Waals surface area contributed by atoms with Gasteiger partial charge >= 0.3 is 17.9 Å². The van der Waals surface area contributed by atoms with Gasteiger partial charge < -0.3 is 14.2 Å². The van der Waals surface area contributed by atoms with E-state index in [1.807, 2.05) is 109 Å². The van der Waals surface area contributed by atoms with Crippen molar-refractivity contribution in [3.05, 3.63) is 124 Å². The molecule has 0 bridgehead atoms. The molecule has 0 N–H and O–H groups in total. The standard InChI is InChI=1S/C36H33N3O6/c1-25(40)43-22-31-10-4-28(5-11-31)16-19-34-37-35(20-17-29-6-12-32(13-7-29)23-44-26(2)41)39-36(38-34)21-18-30-8-14-33(15-9-30)24-45-27(3)42/h4-21H,22-24H2,1-3H3/b19-16+,20-17+,21-18+. The van der Waals surface area contributed by atoms with Crippen molar-refractivity contribution in [1.29, 1.82) is 0 Å². The van der Waals surface area contributed by atoms with Gasteiger partial charge in [0.1, 0.15) is 19.8 Å². The van der Waals surface area contributed by atoms with Crippen LogP contribution in [0.3, 0.4) is 0 Å². The van der Waals surface area contributed by atoms with E-state index in [0.29, 0.717) is 17.5 Å². The maximum atomic E-state index is 11.1. The number of ether oxygens (including phenoxy) is 3. The smallest absolute Gasteiger partial charge is 0.302 e. The molecule has 1 aromatic heterocycles. The molecule has 4 rings (SSSR count). The van der Waals surface area contributed by atoms with Crippen molar-refractivity contribution in [2.45, 2.75) is 40.6 Å². The molecule has 9 nitrogen and oxygen atoms in total. The molecule has 0 spiro atoms. The molecule has 0 fully saturated rings. The van der Waals surface area contributed by atoms with Crippen LogP contribution in [0.5, 0.6) is 0 Å². The highest BCUT2D eigenvalue weighted by molar-refractivity contribution is 5.72. The Kier molecular flexibility index (Phi) is 11.6. The van der Waals surface area contributed by atoms with Crippen molar-refractivity contribution in [2.24, 2.45) is 0 Å². The molecule has 0 aliphatic heterocycles. The van der Waals surface area contributed by atoms with Gasteiger partial charge in [-0.15, -0.1) is 0 Å². The van der Waals surface area contributed by atoms with E-state index in [9.17, 15) is 14.4 Å². The first kappa shape index (κ1) is 32.2. The van der Waals surface area contributed by atoms with Crippen LogP contribution >= 0.6 is 0 Å². The summed E-state index contributed by atoms with van der Waals surface area (Å²) in [6, 6.07) is 22.9. The van der Waals surface area contributed by atoms with Crippen LogP contribution in [0.25, 0.3) is 36.5 Å². The summed E-state index contributed by atoms with van der Waals surface area (Å²) >= 11 is 0. The van der Waals surface area contributed by atoms with Crippen LogP contribution in [0, 0.1) is 0 Å². The highest BCUT2D eigenvalue weighted by Gasteiger charge is 2.03. The quantitative estimate of drug-likeness (QED) is 0.131. The van der Waals surface area contributed by atoms with E-state index in [1.54, 1.807) is 0 Å². The minimum atomic E-state index is -0.323. The number of carbonyl (C=O) groups excluding carboxylic acids is 3. The van der Waals surface area contributed by atoms with Crippen molar-refractivity contribution < 1.29 is 28.6 Å². The van der Waals surface area contributed by atoms with Crippen LogP contribution in [-0.2, 0) is 48.4 Å². The summed E-state index contributed by atoms with van der Waals surface area (Å²) in [5, 5.41) is 0. The van der Waals surface area contributed by atoms with E-state index < -0.39 is 0 Å². The third-order valence-electron chi connectivity index (χ3n) is 6.23. The molecule has 4 aromatic rings. The Morgan fingerprint density at radius 1 is 0.444 bits per heavy atom.